The second-order valence-electron chi connectivity index (χ2n) is 3.23. The minimum absolute atomic E-state index is 0.0450. The molecule has 0 unspecified atom stereocenters. The Hall–Kier alpha value is -1.41. The molecule has 0 radical (unpaired) electrons. The molecule has 0 bridgehead atoms. The first-order valence-corrected chi connectivity index (χ1v) is 4.62. The number of hydrogen-bond acceptors (Lipinski definition) is 2. The highest BCUT2D eigenvalue weighted by Gasteiger charge is 2.06. The molecule has 1 atom stereocenters. The fourth-order valence-corrected chi connectivity index (χ4v) is 0.997. The summed E-state index contributed by atoms with van der Waals surface area (Å²) in [5.41, 5.74) is 0.992. The summed E-state index contributed by atoms with van der Waals surface area (Å²) in [5.74, 6) is -0.355. The Morgan fingerprint density at radius 3 is 2.64 bits per heavy atom. The van der Waals surface area contributed by atoms with Gasteiger partial charge in [0.1, 0.15) is 0 Å². The van der Waals surface area contributed by atoms with Gasteiger partial charge in [-0.25, -0.2) is 0 Å². The number of aliphatic hydroxyl groups excluding tert-OH is 1. The molecule has 0 saturated carbocycles. The van der Waals surface area contributed by atoms with Gasteiger partial charge in [0, 0.05) is 5.92 Å². The van der Waals surface area contributed by atoms with Crippen LogP contribution in [-0.2, 0) is 4.79 Å². The predicted molar refractivity (Wildman–Crippen MR) is 56.7 cm³/mol. The van der Waals surface area contributed by atoms with Crippen molar-refractivity contribution in [3.8, 4) is 0 Å². The zero-order valence-corrected chi connectivity index (χ0v) is 8.18. The van der Waals surface area contributed by atoms with Gasteiger partial charge in [-0.15, -0.1) is 0 Å². The largest absolute Gasteiger partial charge is 0.396 e. The standard InChI is InChI=1S/C12H14O2/c1-10(9-13)12(14)8-7-11-5-3-2-4-6-11/h2-8,10,13H,9H2,1H3/b8-7+/t10-/m0/s1. The van der Waals surface area contributed by atoms with E-state index in [1.54, 1.807) is 13.0 Å². The lowest BCUT2D eigenvalue weighted by Crippen LogP contribution is -2.11. The fraction of sp³-hybridized carbons (Fsp3) is 0.250. The SMILES string of the molecule is C[C@@H](CO)C(=O)/C=C/c1ccccc1. The number of hydrogen-bond donors (Lipinski definition) is 1. The van der Waals surface area contributed by atoms with Gasteiger partial charge in [0.2, 0.25) is 0 Å². The Kier molecular flexibility index (Phi) is 4.08. The second-order valence-corrected chi connectivity index (χ2v) is 3.23. The molecule has 0 saturated heterocycles. The number of rotatable bonds is 4. The van der Waals surface area contributed by atoms with Crippen molar-refractivity contribution in [2.45, 2.75) is 6.92 Å². The van der Waals surface area contributed by atoms with E-state index in [1.807, 2.05) is 30.3 Å². The molecule has 1 aromatic rings. The quantitative estimate of drug-likeness (QED) is 0.736. The molecule has 1 N–H and O–H groups in total. The van der Waals surface area contributed by atoms with E-state index in [1.165, 1.54) is 6.08 Å². The molecule has 1 rings (SSSR count). The van der Waals surface area contributed by atoms with Gasteiger partial charge in [0.25, 0.3) is 0 Å². The number of ketones is 1. The lowest BCUT2D eigenvalue weighted by atomic mass is 10.1. The van der Waals surface area contributed by atoms with Crippen molar-refractivity contribution in [3.05, 3.63) is 42.0 Å². The number of allylic oxidation sites excluding steroid dienone is 1. The molecule has 0 spiro atoms. The third-order valence-electron chi connectivity index (χ3n) is 2.00. The van der Waals surface area contributed by atoms with Crippen LogP contribution in [0.1, 0.15) is 12.5 Å². The molecule has 1 aromatic carbocycles. The summed E-state index contributed by atoms with van der Waals surface area (Å²) in [5, 5.41) is 8.75. The summed E-state index contributed by atoms with van der Waals surface area (Å²) in [4.78, 5) is 11.3. The van der Waals surface area contributed by atoms with E-state index < -0.39 is 0 Å². The van der Waals surface area contributed by atoms with E-state index in [2.05, 4.69) is 0 Å². The molecule has 2 nitrogen and oxygen atoms in total. The third-order valence-corrected chi connectivity index (χ3v) is 2.00. The van der Waals surface area contributed by atoms with Gasteiger partial charge < -0.3 is 5.11 Å². The van der Waals surface area contributed by atoms with Gasteiger partial charge in [-0.1, -0.05) is 43.3 Å². The van der Waals surface area contributed by atoms with E-state index >= 15 is 0 Å². The van der Waals surface area contributed by atoms with Gasteiger partial charge >= 0.3 is 0 Å². The van der Waals surface area contributed by atoms with Gasteiger partial charge in [0.05, 0.1) is 6.61 Å². The molecule has 0 aliphatic carbocycles. The summed E-state index contributed by atoms with van der Waals surface area (Å²) < 4.78 is 0. The lowest BCUT2D eigenvalue weighted by molar-refractivity contribution is -0.118. The number of carbonyl (C=O) groups is 1. The third kappa shape index (κ3) is 3.15. The van der Waals surface area contributed by atoms with Crippen molar-refractivity contribution in [2.75, 3.05) is 6.61 Å². The Bertz CT molecular complexity index is 314. The van der Waals surface area contributed by atoms with Crippen LogP contribution >= 0.6 is 0 Å². The zero-order chi connectivity index (χ0) is 10.4. The molecule has 0 fully saturated rings. The molecular formula is C12H14O2. The number of benzene rings is 1. The fourth-order valence-electron chi connectivity index (χ4n) is 0.997. The topological polar surface area (TPSA) is 37.3 Å². The lowest BCUT2D eigenvalue weighted by Gasteiger charge is -2.00. The van der Waals surface area contributed by atoms with Crippen LogP contribution < -0.4 is 0 Å². The predicted octanol–water partition coefficient (Wildman–Crippen LogP) is 1.90. The maximum Gasteiger partial charge on any atom is 0.160 e. The van der Waals surface area contributed by atoms with Crippen LogP contribution in [0.25, 0.3) is 6.08 Å². The van der Waals surface area contributed by atoms with E-state index in [0.717, 1.165) is 5.56 Å². The van der Waals surface area contributed by atoms with Crippen LogP contribution in [0.5, 0.6) is 0 Å². The number of aliphatic hydroxyl groups is 1. The van der Waals surface area contributed by atoms with E-state index in [9.17, 15) is 4.79 Å². The van der Waals surface area contributed by atoms with Crippen LogP contribution in [-0.4, -0.2) is 17.5 Å². The highest BCUT2D eigenvalue weighted by molar-refractivity contribution is 5.95. The van der Waals surface area contributed by atoms with E-state index in [-0.39, 0.29) is 18.3 Å². The first-order valence-electron chi connectivity index (χ1n) is 4.62. The molecule has 0 amide bonds. The van der Waals surface area contributed by atoms with Crippen LogP contribution in [0.2, 0.25) is 0 Å². The Morgan fingerprint density at radius 1 is 1.43 bits per heavy atom. The van der Waals surface area contributed by atoms with Crippen molar-refractivity contribution < 1.29 is 9.90 Å². The molecular weight excluding hydrogens is 176 g/mol. The van der Waals surface area contributed by atoms with Crippen molar-refractivity contribution in [3.63, 3.8) is 0 Å². The molecule has 2 heteroatoms. The normalized spacial score (nSPS) is 13.0. The van der Waals surface area contributed by atoms with Crippen LogP contribution in [0, 0.1) is 5.92 Å². The van der Waals surface area contributed by atoms with Crippen LogP contribution in [0.15, 0.2) is 36.4 Å². The molecule has 0 heterocycles. The van der Waals surface area contributed by atoms with Gasteiger partial charge in [-0.05, 0) is 11.6 Å². The summed E-state index contributed by atoms with van der Waals surface area (Å²) in [6, 6.07) is 9.61. The van der Waals surface area contributed by atoms with Crippen molar-refractivity contribution in [1.82, 2.24) is 0 Å². The summed E-state index contributed by atoms with van der Waals surface area (Å²) in [6.07, 6.45) is 3.27. The van der Waals surface area contributed by atoms with Gasteiger partial charge in [0.15, 0.2) is 5.78 Å². The monoisotopic (exact) mass is 190 g/mol. The van der Waals surface area contributed by atoms with Crippen molar-refractivity contribution in [1.29, 1.82) is 0 Å². The molecule has 0 aliphatic heterocycles. The first-order chi connectivity index (χ1) is 6.74. The van der Waals surface area contributed by atoms with Gasteiger partial charge in [-0.2, -0.15) is 0 Å². The second kappa shape index (κ2) is 5.35. The number of carbonyl (C=O) groups excluding carboxylic acids is 1. The maximum atomic E-state index is 11.3. The Balaban J connectivity index is 2.61. The van der Waals surface area contributed by atoms with Gasteiger partial charge in [-0.3, -0.25) is 4.79 Å². The first kappa shape index (κ1) is 10.7. The molecule has 14 heavy (non-hydrogen) atoms. The Morgan fingerprint density at radius 2 is 2.07 bits per heavy atom. The highest BCUT2D eigenvalue weighted by Crippen LogP contribution is 2.03. The zero-order valence-electron chi connectivity index (χ0n) is 8.18. The molecule has 0 aromatic heterocycles. The smallest absolute Gasteiger partial charge is 0.160 e. The van der Waals surface area contributed by atoms with E-state index in [0.29, 0.717) is 0 Å². The van der Waals surface area contributed by atoms with E-state index in [4.69, 9.17) is 5.11 Å². The maximum absolute atomic E-state index is 11.3. The van der Waals surface area contributed by atoms with Crippen molar-refractivity contribution >= 4 is 11.9 Å². The summed E-state index contributed by atoms with van der Waals surface area (Å²) >= 11 is 0. The summed E-state index contributed by atoms with van der Waals surface area (Å²) in [6.45, 7) is 1.61. The van der Waals surface area contributed by atoms with Crippen LogP contribution in [0.3, 0.4) is 0 Å². The summed E-state index contributed by atoms with van der Waals surface area (Å²) in [7, 11) is 0. The minimum Gasteiger partial charge on any atom is -0.396 e. The molecule has 0 aliphatic rings. The van der Waals surface area contributed by atoms with Crippen molar-refractivity contribution in [2.24, 2.45) is 5.92 Å². The average molecular weight is 190 g/mol. The minimum atomic E-state index is -0.310. The average Bonchev–Trinajstić information content (AvgIpc) is 2.26. The highest BCUT2D eigenvalue weighted by atomic mass is 16.3. The van der Waals surface area contributed by atoms with Crippen LogP contribution in [0.4, 0.5) is 0 Å². The molecule has 74 valence electrons. The Labute approximate surface area is 83.9 Å².